The van der Waals surface area contributed by atoms with Gasteiger partial charge in [0.15, 0.2) is 11.5 Å². The highest BCUT2D eigenvalue weighted by molar-refractivity contribution is 5.79. The smallest absolute Gasteiger partial charge is 0.165 e. The van der Waals surface area contributed by atoms with Crippen LogP contribution in [-0.2, 0) is 12.0 Å². The van der Waals surface area contributed by atoms with Crippen LogP contribution in [-0.4, -0.2) is 24.7 Å². The van der Waals surface area contributed by atoms with Gasteiger partial charge in [0.1, 0.15) is 0 Å². The number of rotatable bonds is 4. The predicted octanol–water partition coefficient (Wildman–Crippen LogP) is 3.43. The summed E-state index contributed by atoms with van der Waals surface area (Å²) >= 11 is 0. The van der Waals surface area contributed by atoms with Crippen LogP contribution >= 0.6 is 0 Å². The Morgan fingerprint density at radius 2 is 2.00 bits per heavy atom. The maximum absolute atomic E-state index is 6.21. The van der Waals surface area contributed by atoms with Crippen molar-refractivity contribution in [3.63, 3.8) is 0 Å². The Morgan fingerprint density at radius 1 is 1.15 bits per heavy atom. The zero-order valence-electron chi connectivity index (χ0n) is 15.6. The molecule has 2 N–H and O–H groups in total. The van der Waals surface area contributed by atoms with Gasteiger partial charge in [0.2, 0.25) is 0 Å². The second-order valence-electron chi connectivity index (χ2n) is 7.08. The summed E-state index contributed by atoms with van der Waals surface area (Å²) in [6.45, 7) is 6.04. The molecule has 6 nitrogen and oxygen atoms in total. The molecule has 4 rings (SSSR count). The average molecular weight is 357 g/mol. The first kappa shape index (κ1) is 17.3. The molecule has 27 heavy (non-hydrogen) atoms. The highest BCUT2D eigenvalue weighted by Gasteiger charge is 2.16. The lowest BCUT2D eigenvalue weighted by Crippen LogP contribution is -2.28. The van der Waals surface area contributed by atoms with Crippen molar-refractivity contribution in [2.24, 2.45) is 5.73 Å². The predicted molar refractivity (Wildman–Crippen MR) is 105 cm³/mol. The van der Waals surface area contributed by atoms with Gasteiger partial charge in [-0.25, -0.2) is 9.97 Å². The quantitative estimate of drug-likeness (QED) is 0.605. The Bertz CT molecular complexity index is 1090. The van der Waals surface area contributed by atoms with E-state index < -0.39 is 5.54 Å². The van der Waals surface area contributed by atoms with E-state index in [2.05, 4.69) is 33.2 Å². The Morgan fingerprint density at radius 3 is 2.70 bits per heavy atom. The lowest BCUT2D eigenvalue weighted by atomic mass is 9.95. The first-order valence-electron chi connectivity index (χ1n) is 8.94. The number of hydrogen-bond acceptors (Lipinski definition) is 5. The lowest BCUT2D eigenvalue weighted by Gasteiger charge is -2.19. The van der Waals surface area contributed by atoms with Crippen molar-refractivity contribution in [1.82, 2.24) is 24.7 Å². The van der Waals surface area contributed by atoms with Gasteiger partial charge in [-0.3, -0.25) is 4.98 Å². The summed E-state index contributed by atoms with van der Waals surface area (Å²) in [5, 5.41) is 5.70. The summed E-state index contributed by atoms with van der Waals surface area (Å²) in [6.07, 6.45) is 7.29. The third-order valence-electron chi connectivity index (χ3n) is 4.57. The third-order valence-corrected chi connectivity index (χ3v) is 4.57. The van der Waals surface area contributed by atoms with Crippen molar-refractivity contribution >= 4 is 11.0 Å². The molecule has 0 fully saturated rings. The van der Waals surface area contributed by atoms with Crippen LogP contribution in [0.3, 0.4) is 0 Å². The fourth-order valence-electron chi connectivity index (χ4n) is 3.04. The minimum absolute atomic E-state index is 0.419. The molecule has 1 radical (unpaired) electrons. The van der Waals surface area contributed by atoms with E-state index in [-0.39, 0.29) is 0 Å². The first-order chi connectivity index (χ1) is 13.0. The maximum Gasteiger partial charge on any atom is 0.165 e. The van der Waals surface area contributed by atoms with Crippen LogP contribution in [0.1, 0.15) is 32.0 Å². The van der Waals surface area contributed by atoms with Crippen LogP contribution in [0.25, 0.3) is 28.1 Å². The Labute approximate surface area is 158 Å². The summed E-state index contributed by atoms with van der Waals surface area (Å²) in [4.78, 5) is 13.4. The molecule has 4 aromatic rings. The number of aryl methyl sites for hydroxylation is 1. The summed E-state index contributed by atoms with van der Waals surface area (Å²) in [6, 6.07) is 11.7. The molecule has 0 aromatic carbocycles. The minimum Gasteiger partial charge on any atom is -0.322 e. The number of fused-ring (bicyclic) bond motifs is 1. The van der Waals surface area contributed by atoms with E-state index >= 15 is 0 Å². The van der Waals surface area contributed by atoms with E-state index in [1.807, 2.05) is 50.2 Å². The van der Waals surface area contributed by atoms with E-state index in [4.69, 9.17) is 5.73 Å². The molecule has 4 aromatic heterocycles. The Balaban J connectivity index is 1.74. The van der Waals surface area contributed by atoms with Gasteiger partial charge >= 0.3 is 0 Å². The van der Waals surface area contributed by atoms with E-state index in [0.717, 1.165) is 40.0 Å². The lowest BCUT2D eigenvalue weighted by molar-refractivity contribution is 0.554. The fourth-order valence-corrected chi connectivity index (χ4v) is 3.04. The van der Waals surface area contributed by atoms with Crippen molar-refractivity contribution in [1.29, 1.82) is 0 Å². The molecule has 0 unspecified atom stereocenters. The number of pyridine rings is 3. The number of hydrogen-bond donors (Lipinski definition) is 1. The fraction of sp³-hybridized carbons (Fsp3) is 0.238. The SMILES string of the molecule is CCc1nn(-c2ccc(-c3cc(C(C)(C)N)ccn3)cn2)c2n[c]ccc12. The van der Waals surface area contributed by atoms with Crippen LogP contribution in [0.2, 0.25) is 0 Å². The molecule has 0 atom stereocenters. The van der Waals surface area contributed by atoms with Crippen LogP contribution in [0.15, 0.2) is 48.8 Å². The van der Waals surface area contributed by atoms with Gasteiger partial charge in [0.25, 0.3) is 0 Å². The van der Waals surface area contributed by atoms with E-state index in [1.165, 1.54) is 0 Å². The molecule has 0 aliphatic rings. The maximum atomic E-state index is 6.21. The van der Waals surface area contributed by atoms with Crippen molar-refractivity contribution in [2.75, 3.05) is 0 Å². The van der Waals surface area contributed by atoms with Gasteiger partial charge < -0.3 is 5.73 Å². The van der Waals surface area contributed by atoms with Crippen LogP contribution in [0.5, 0.6) is 0 Å². The van der Waals surface area contributed by atoms with Crippen molar-refractivity contribution in [2.45, 2.75) is 32.7 Å². The van der Waals surface area contributed by atoms with E-state index in [1.54, 1.807) is 17.1 Å². The van der Waals surface area contributed by atoms with Gasteiger partial charge in [-0.1, -0.05) is 6.92 Å². The molecule has 0 saturated carbocycles. The largest absolute Gasteiger partial charge is 0.322 e. The second kappa shape index (κ2) is 6.55. The molecular weight excluding hydrogens is 336 g/mol. The third kappa shape index (κ3) is 3.19. The van der Waals surface area contributed by atoms with Gasteiger partial charge in [0.05, 0.1) is 17.6 Å². The summed E-state index contributed by atoms with van der Waals surface area (Å²) in [5.41, 5.74) is 10.3. The molecule has 0 spiro atoms. The second-order valence-corrected chi connectivity index (χ2v) is 7.08. The van der Waals surface area contributed by atoms with Crippen molar-refractivity contribution < 1.29 is 0 Å². The van der Waals surface area contributed by atoms with Gasteiger partial charge in [-0.15, -0.1) is 0 Å². The zero-order chi connectivity index (χ0) is 19.0. The van der Waals surface area contributed by atoms with Crippen LogP contribution in [0.4, 0.5) is 0 Å². The van der Waals surface area contributed by atoms with Crippen LogP contribution < -0.4 is 5.73 Å². The molecule has 0 saturated heterocycles. The van der Waals surface area contributed by atoms with Crippen LogP contribution in [0, 0.1) is 6.20 Å². The number of aromatic nitrogens is 5. The number of nitrogens with zero attached hydrogens (tertiary/aromatic N) is 5. The minimum atomic E-state index is -0.419. The topological polar surface area (TPSA) is 82.5 Å². The molecule has 4 heterocycles. The summed E-state index contributed by atoms with van der Waals surface area (Å²) in [7, 11) is 0. The van der Waals surface area contributed by atoms with E-state index in [0.29, 0.717) is 5.82 Å². The first-order valence-corrected chi connectivity index (χ1v) is 8.94. The van der Waals surface area contributed by atoms with E-state index in [9.17, 15) is 0 Å². The molecule has 0 aliphatic heterocycles. The molecule has 0 amide bonds. The summed E-state index contributed by atoms with van der Waals surface area (Å²) < 4.78 is 1.77. The number of nitrogens with two attached hydrogens (primary N) is 1. The van der Waals surface area contributed by atoms with Gasteiger partial charge in [-0.05, 0) is 62.2 Å². The normalized spacial score (nSPS) is 11.9. The molecular formula is C21H21N6. The average Bonchev–Trinajstić information content (AvgIpc) is 3.06. The molecule has 0 bridgehead atoms. The molecule has 135 valence electrons. The Kier molecular flexibility index (Phi) is 4.20. The van der Waals surface area contributed by atoms with Crippen molar-refractivity contribution in [3.05, 3.63) is 66.2 Å². The standard InChI is InChI=1S/C21H21N6/c1-4-17-16-6-5-10-24-20(16)27(26-17)19-8-7-14(13-25-19)18-12-15(9-11-23-18)21(2,3)22/h5-9,11-13H,4,22H2,1-3H3. The van der Waals surface area contributed by atoms with Gasteiger partial charge in [-0.2, -0.15) is 9.78 Å². The molecule has 6 heteroatoms. The highest BCUT2D eigenvalue weighted by Crippen LogP contribution is 2.24. The highest BCUT2D eigenvalue weighted by atomic mass is 15.3. The zero-order valence-corrected chi connectivity index (χ0v) is 15.6. The molecule has 0 aliphatic carbocycles. The summed E-state index contributed by atoms with van der Waals surface area (Å²) in [5.74, 6) is 0.714. The Hall–Kier alpha value is -3.12. The van der Waals surface area contributed by atoms with Gasteiger partial charge in [0, 0.05) is 28.9 Å². The monoisotopic (exact) mass is 357 g/mol. The van der Waals surface area contributed by atoms with Crippen molar-refractivity contribution in [3.8, 4) is 17.1 Å².